The summed E-state index contributed by atoms with van der Waals surface area (Å²) in [5.74, 6) is -1.30. The molecule has 1 heterocycles. The van der Waals surface area contributed by atoms with Gasteiger partial charge in [-0.25, -0.2) is 0 Å². The summed E-state index contributed by atoms with van der Waals surface area (Å²) in [5, 5.41) is 19.2. The molecule has 0 spiro atoms. The Labute approximate surface area is 237 Å². The van der Waals surface area contributed by atoms with Crippen LogP contribution in [0.2, 0.25) is 0 Å². The fourth-order valence-electron chi connectivity index (χ4n) is 5.67. The van der Waals surface area contributed by atoms with Crippen LogP contribution in [0.25, 0.3) is 0 Å². The monoisotopic (exact) mass is 553 g/mol. The molecule has 2 N–H and O–H groups in total. The van der Waals surface area contributed by atoms with Crippen LogP contribution in [0.15, 0.2) is 60.7 Å². The fraction of sp³-hybridized carbons (Fsp3) is 0.548. The van der Waals surface area contributed by atoms with Crippen molar-refractivity contribution in [2.45, 2.75) is 83.2 Å². The second kappa shape index (κ2) is 14.9. The molecule has 0 saturated carbocycles. The first-order chi connectivity index (χ1) is 19.2. The van der Waals surface area contributed by atoms with Crippen LogP contribution in [-0.2, 0) is 25.7 Å². The normalized spacial score (nSPS) is 23.8. The topological polar surface area (TPSA) is 120 Å². The van der Waals surface area contributed by atoms with E-state index < -0.39 is 29.6 Å². The lowest BCUT2D eigenvalue weighted by atomic mass is 9.74. The van der Waals surface area contributed by atoms with E-state index in [1.807, 2.05) is 74.5 Å². The van der Waals surface area contributed by atoms with Gasteiger partial charge in [0.1, 0.15) is 11.6 Å². The number of esters is 1. The van der Waals surface area contributed by atoms with Crippen molar-refractivity contribution in [3.05, 3.63) is 81.9 Å². The van der Waals surface area contributed by atoms with Crippen LogP contribution < -0.4 is 10.6 Å². The fourth-order valence-corrected chi connectivity index (χ4v) is 5.67. The minimum Gasteiger partial charge on any atom is -0.469 e. The van der Waals surface area contributed by atoms with Gasteiger partial charge < -0.3 is 14.8 Å². The van der Waals surface area contributed by atoms with Crippen molar-refractivity contribution >= 4 is 11.9 Å². The quantitative estimate of drug-likeness (QED) is 0.140. The van der Waals surface area contributed by atoms with E-state index in [4.69, 9.17) is 4.74 Å². The maximum Gasteiger partial charge on any atom is 0.305 e. The highest BCUT2D eigenvalue weighted by atomic mass is 16.6. The predicted octanol–water partition coefficient (Wildman–Crippen LogP) is 4.83. The lowest BCUT2D eigenvalue weighted by Gasteiger charge is -2.37. The Balaban J connectivity index is 1.89. The average Bonchev–Trinajstić information content (AvgIpc) is 3.29. The van der Waals surface area contributed by atoms with E-state index in [1.165, 1.54) is 7.11 Å². The molecule has 0 aromatic heterocycles. The Bertz CT molecular complexity index is 1100. The first kappa shape index (κ1) is 31.2. The largest absolute Gasteiger partial charge is 0.469 e. The summed E-state index contributed by atoms with van der Waals surface area (Å²) in [6, 6.07) is 17.3. The molecule has 6 atom stereocenters. The van der Waals surface area contributed by atoms with Gasteiger partial charge in [-0.15, -0.1) is 0 Å². The minimum absolute atomic E-state index is 0.0297. The Hall–Kier alpha value is -3.30. The Kier molecular flexibility index (Phi) is 11.6. The second-order valence-corrected chi connectivity index (χ2v) is 10.8. The highest BCUT2D eigenvalue weighted by molar-refractivity contribution is 5.87. The van der Waals surface area contributed by atoms with Crippen LogP contribution in [0, 0.1) is 22.0 Å². The number of ether oxygens (including phenoxy) is 2. The molecule has 40 heavy (non-hydrogen) atoms. The summed E-state index contributed by atoms with van der Waals surface area (Å²) >= 11 is 0. The number of nitrogens with one attached hydrogen (secondary N) is 2. The number of benzene rings is 2. The Morgan fingerprint density at radius 2 is 1.73 bits per heavy atom. The van der Waals surface area contributed by atoms with Gasteiger partial charge in [0.05, 0.1) is 25.7 Å². The zero-order chi connectivity index (χ0) is 29.1. The standard InChI is InChI=1S/C31H43N3O6/c1-5-22(2)29(40-21-23-15-9-6-10-16-23)26-28(34(37)38)27(24-17-11-7-12-18-24)33-31(26,3)30(36)32-20-14-8-13-19-25(35)39-4/h6-7,9-12,15-18,22,26-29,33H,5,8,13-14,19-21H2,1-4H3,(H,32,36)/t22-,26-,27-,28-,29?,31-/m0/s1. The molecule has 0 aliphatic carbocycles. The van der Waals surface area contributed by atoms with Crippen LogP contribution in [0.4, 0.5) is 0 Å². The smallest absolute Gasteiger partial charge is 0.305 e. The summed E-state index contributed by atoms with van der Waals surface area (Å²) < 4.78 is 11.2. The summed E-state index contributed by atoms with van der Waals surface area (Å²) in [4.78, 5) is 37.7. The molecule has 2 aromatic rings. The van der Waals surface area contributed by atoms with E-state index in [0.29, 0.717) is 32.4 Å². The SMILES string of the molecule is CC[C@H](C)C(OCc1ccccc1)[C@@H]1[C@H]([N+](=O)[O-])[C@H](c2ccccc2)N[C@]1(C)C(=O)NCCCCCC(=O)OC. The van der Waals surface area contributed by atoms with E-state index >= 15 is 0 Å². The number of carbonyl (C=O) groups excluding carboxylic acids is 2. The maximum atomic E-state index is 13.9. The summed E-state index contributed by atoms with van der Waals surface area (Å²) in [6.45, 7) is 6.53. The lowest BCUT2D eigenvalue weighted by molar-refractivity contribution is -0.536. The van der Waals surface area contributed by atoms with E-state index in [1.54, 1.807) is 6.92 Å². The van der Waals surface area contributed by atoms with Crippen LogP contribution in [0.1, 0.15) is 70.0 Å². The number of unbranched alkanes of at least 4 members (excludes halogenated alkanes) is 2. The summed E-state index contributed by atoms with van der Waals surface area (Å²) in [5.41, 5.74) is 0.478. The van der Waals surface area contributed by atoms with Crippen molar-refractivity contribution in [2.75, 3.05) is 13.7 Å². The van der Waals surface area contributed by atoms with Gasteiger partial charge in [-0.1, -0.05) is 87.4 Å². The zero-order valence-corrected chi connectivity index (χ0v) is 24.0. The highest BCUT2D eigenvalue weighted by Crippen LogP contribution is 2.45. The molecular formula is C31H43N3O6. The third-order valence-corrected chi connectivity index (χ3v) is 8.12. The zero-order valence-electron chi connectivity index (χ0n) is 24.0. The number of carbonyl (C=O) groups is 2. The molecule has 1 fully saturated rings. The van der Waals surface area contributed by atoms with E-state index in [0.717, 1.165) is 24.0 Å². The molecule has 1 unspecified atom stereocenters. The number of hydrogen-bond acceptors (Lipinski definition) is 7. The number of rotatable bonds is 15. The molecule has 1 saturated heterocycles. The number of methoxy groups -OCH3 is 1. The lowest BCUT2D eigenvalue weighted by Crippen LogP contribution is -2.60. The number of amides is 1. The van der Waals surface area contributed by atoms with Crippen LogP contribution in [0.5, 0.6) is 0 Å². The maximum absolute atomic E-state index is 13.9. The number of nitrogens with zero attached hydrogens (tertiary/aromatic N) is 1. The summed E-state index contributed by atoms with van der Waals surface area (Å²) in [7, 11) is 1.37. The second-order valence-electron chi connectivity index (χ2n) is 10.8. The van der Waals surface area contributed by atoms with E-state index in [9.17, 15) is 19.7 Å². The molecule has 1 aliphatic rings. The van der Waals surface area contributed by atoms with Crippen LogP contribution >= 0.6 is 0 Å². The van der Waals surface area contributed by atoms with Crippen molar-refractivity contribution in [3.8, 4) is 0 Å². The highest BCUT2D eigenvalue weighted by Gasteiger charge is 2.64. The minimum atomic E-state index is -1.25. The number of nitro groups is 1. The number of hydrogen-bond donors (Lipinski definition) is 2. The van der Waals surface area contributed by atoms with Crippen molar-refractivity contribution in [2.24, 2.45) is 11.8 Å². The first-order valence-electron chi connectivity index (χ1n) is 14.2. The predicted molar refractivity (Wildman–Crippen MR) is 153 cm³/mol. The van der Waals surface area contributed by atoms with Gasteiger partial charge in [-0.3, -0.25) is 25.0 Å². The first-order valence-corrected chi connectivity index (χ1v) is 14.2. The molecule has 218 valence electrons. The average molecular weight is 554 g/mol. The molecule has 3 rings (SSSR count). The third kappa shape index (κ3) is 7.67. The van der Waals surface area contributed by atoms with Gasteiger partial charge >= 0.3 is 5.97 Å². The van der Waals surface area contributed by atoms with E-state index in [2.05, 4.69) is 15.4 Å². The van der Waals surface area contributed by atoms with Crippen molar-refractivity contribution in [3.63, 3.8) is 0 Å². The Morgan fingerprint density at radius 1 is 1.07 bits per heavy atom. The van der Waals surface area contributed by atoms with E-state index in [-0.39, 0.29) is 22.7 Å². The van der Waals surface area contributed by atoms with Crippen molar-refractivity contribution in [1.29, 1.82) is 0 Å². The molecular weight excluding hydrogens is 510 g/mol. The molecule has 2 aromatic carbocycles. The summed E-state index contributed by atoms with van der Waals surface area (Å²) in [6.07, 6.45) is 2.65. The van der Waals surface area contributed by atoms with Gasteiger partial charge in [0.15, 0.2) is 0 Å². The van der Waals surface area contributed by atoms with Crippen molar-refractivity contribution < 1.29 is 24.0 Å². The van der Waals surface area contributed by atoms with Crippen molar-refractivity contribution in [1.82, 2.24) is 10.6 Å². The molecule has 0 bridgehead atoms. The Morgan fingerprint density at radius 3 is 2.33 bits per heavy atom. The van der Waals surface area contributed by atoms with Gasteiger partial charge in [0, 0.05) is 17.9 Å². The van der Waals surface area contributed by atoms with Gasteiger partial charge in [-0.2, -0.15) is 0 Å². The molecule has 9 nitrogen and oxygen atoms in total. The molecule has 1 aliphatic heterocycles. The van der Waals surface area contributed by atoms with Crippen LogP contribution in [-0.4, -0.2) is 48.1 Å². The van der Waals surface area contributed by atoms with Gasteiger partial charge in [0.25, 0.3) is 0 Å². The van der Waals surface area contributed by atoms with Gasteiger partial charge in [0.2, 0.25) is 11.9 Å². The molecule has 1 amide bonds. The van der Waals surface area contributed by atoms with Gasteiger partial charge in [-0.05, 0) is 36.8 Å². The van der Waals surface area contributed by atoms with Crippen LogP contribution in [0.3, 0.4) is 0 Å². The third-order valence-electron chi connectivity index (χ3n) is 8.12. The molecule has 9 heteroatoms. The molecule has 0 radical (unpaired) electrons.